The molecule has 1 amide bonds. The molecule has 1 fully saturated rings. The fourth-order valence-corrected chi connectivity index (χ4v) is 3.41. The van der Waals surface area contributed by atoms with Crippen molar-refractivity contribution in [2.75, 3.05) is 19.6 Å². The summed E-state index contributed by atoms with van der Waals surface area (Å²) in [5, 5.41) is 7.28. The number of nitrogens with zero attached hydrogens (tertiary/aromatic N) is 1. The van der Waals surface area contributed by atoms with Crippen molar-refractivity contribution in [2.24, 2.45) is 0 Å². The van der Waals surface area contributed by atoms with Crippen molar-refractivity contribution in [3.8, 4) is 0 Å². The maximum atomic E-state index is 11.9. The molecule has 0 radical (unpaired) electrons. The van der Waals surface area contributed by atoms with Crippen LogP contribution in [0.25, 0.3) is 0 Å². The van der Waals surface area contributed by atoms with Crippen LogP contribution in [0.15, 0.2) is 16.8 Å². The van der Waals surface area contributed by atoms with E-state index in [9.17, 15) is 4.79 Å². The largest absolute Gasteiger partial charge is 0.354 e. The summed E-state index contributed by atoms with van der Waals surface area (Å²) >= 11 is 1.69. The molecule has 2 heterocycles. The highest BCUT2D eigenvalue weighted by Crippen LogP contribution is 2.19. The van der Waals surface area contributed by atoms with Crippen molar-refractivity contribution >= 4 is 17.2 Å². The molecule has 3 nitrogen and oxygen atoms in total. The Balaban J connectivity index is 1.71. The van der Waals surface area contributed by atoms with E-state index in [1.54, 1.807) is 11.3 Å². The molecule has 1 N–H and O–H groups in total. The van der Waals surface area contributed by atoms with Crippen LogP contribution < -0.4 is 5.32 Å². The van der Waals surface area contributed by atoms with Crippen LogP contribution in [-0.4, -0.2) is 36.0 Å². The molecule has 2 rings (SSSR count). The number of carbonyl (C=O) groups excluding carboxylic acids is 1. The fraction of sp³-hybridized carbons (Fsp3) is 0.688. The number of carbonyl (C=O) groups is 1. The summed E-state index contributed by atoms with van der Waals surface area (Å²) in [6, 6.07) is 2.09. The molecule has 1 aromatic rings. The Morgan fingerprint density at radius 3 is 2.75 bits per heavy atom. The lowest BCUT2D eigenvalue weighted by Crippen LogP contribution is -2.53. The minimum Gasteiger partial charge on any atom is -0.354 e. The van der Waals surface area contributed by atoms with E-state index in [1.807, 2.05) is 0 Å². The van der Waals surface area contributed by atoms with Gasteiger partial charge in [0.2, 0.25) is 5.91 Å². The zero-order valence-corrected chi connectivity index (χ0v) is 13.5. The number of hydrogen-bond acceptors (Lipinski definition) is 3. The molecule has 1 aromatic heterocycles. The van der Waals surface area contributed by atoms with Crippen LogP contribution in [0.5, 0.6) is 0 Å². The quantitative estimate of drug-likeness (QED) is 0.874. The number of piperidine rings is 1. The first-order valence-corrected chi connectivity index (χ1v) is 8.55. The van der Waals surface area contributed by atoms with Gasteiger partial charge in [-0.3, -0.25) is 9.69 Å². The molecule has 1 saturated heterocycles. The first-order chi connectivity index (χ1) is 9.58. The maximum absolute atomic E-state index is 11.9. The van der Waals surface area contributed by atoms with Crippen molar-refractivity contribution in [1.29, 1.82) is 0 Å². The molecule has 1 aliphatic rings. The van der Waals surface area contributed by atoms with Crippen molar-refractivity contribution in [1.82, 2.24) is 10.2 Å². The van der Waals surface area contributed by atoms with Gasteiger partial charge in [-0.2, -0.15) is 11.3 Å². The Labute approximate surface area is 126 Å². The molecule has 1 aliphatic heterocycles. The SMILES string of the molecule is CC(C)(CNC(=O)CCc1ccsc1)N1CCCCC1. The number of thiophene rings is 1. The highest BCUT2D eigenvalue weighted by atomic mass is 32.1. The zero-order chi connectivity index (χ0) is 14.4. The summed E-state index contributed by atoms with van der Waals surface area (Å²) in [5.74, 6) is 0.168. The number of aryl methyl sites for hydroxylation is 1. The number of rotatable bonds is 6. The van der Waals surface area contributed by atoms with Gasteiger partial charge in [-0.1, -0.05) is 6.42 Å². The number of hydrogen-bond donors (Lipinski definition) is 1. The van der Waals surface area contributed by atoms with Gasteiger partial charge in [-0.05, 0) is 68.6 Å². The molecule has 0 saturated carbocycles. The van der Waals surface area contributed by atoms with Crippen molar-refractivity contribution < 1.29 is 4.79 Å². The van der Waals surface area contributed by atoms with E-state index in [1.165, 1.54) is 24.8 Å². The van der Waals surface area contributed by atoms with Gasteiger partial charge in [0.15, 0.2) is 0 Å². The Morgan fingerprint density at radius 2 is 2.10 bits per heavy atom. The molecule has 0 bridgehead atoms. The second-order valence-electron chi connectivity index (χ2n) is 6.27. The molecular formula is C16H26N2OS. The summed E-state index contributed by atoms with van der Waals surface area (Å²) in [4.78, 5) is 14.5. The van der Waals surface area contributed by atoms with Gasteiger partial charge < -0.3 is 5.32 Å². The third-order valence-corrected chi connectivity index (χ3v) is 4.88. The van der Waals surface area contributed by atoms with Crippen LogP contribution in [0, 0.1) is 0 Å². The minimum atomic E-state index is 0.0679. The van der Waals surface area contributed by atoms with Crippen LogP contribution in [0.1, 0.15) is 45.1 Å². The van der Waals surface area contributed by atoms with Crippen LogP contribution in [0.3, 0.4) is 0 Å². The van der Waals surface area contributed by atoms with Crippen LogP contribution >= 0.6 is 11.3 Å². The standard InChI is InChI=1S/C16H26N2OS/c1-16(2,18-9-4-3-5-10-18)13-17-15(19)7-6-14-8-11-20-12-14/h8,11-12H,3-7,9-10,13H2,1-2H3,(H,17,19). The van der Waals surface area contributed by atoms with Crippen LogP contribution in [0.2, 0.25) is 0 Å². The topological polar surface area (TPSA) is 32.3 Å². The van der Waals surface area contributed by atoms with Crippen molar-refractivity contribution in [3.63, 3.8) is 0 Å². The zero-order valence-electron chi connectivity index (χ0n) is 12.7. The normalized spacial score (nSPS) is 17.1. The minimum absolute atomic E-state index is 0.0679. The smallest absolute Gasteiger partial charge is 0.220 e. The third-order valence-electron chi connectivity index (χ3n) is 4.15. The van der Waals surface area contributed by atoms with Crippen molar-refractivity contribution in [3.05, 3.63) is 22.4 Å². The Morgan fingerprint density at radius 1 is 1.35 bits per heavy atom. The Hall–Kier alpha value is -0.870. The summed E-state index contributed by atoms with van der Waals surface area (Å²) in [6.07, 6.45) is 5.36. The molecule has 0 atom stereocenters. The van der Waals surface area contributed by atoms with Gasteiger partial charge >= 0.3 is 0 Å². The third kappa shape index (κ3) is 4.60. The van der Waals surface area contributed by atoms with Gasteiger partial charge in [0.1, 0.15) is 0 Å². The summed E-state index contributed by atoms with van der Waals surface area (Å²) in [7, 11) is 0. The highest BCUT2D eigenvalue weighted by Gasteiger charge is 2.28. The van der Waals surface area contributed by atoms with Gasteiger partial charge in [-0.25, -0.2) is 0 Å². The lowest BCUT2D eigenvalue weighted by molar-refractivity contribution is -0.121. The van der Waals surface area contributed by atoms with Crippen molar-refractivity contribution in [2.45, 2.75) is 51.5 Å². The second-order valence-corrected chi connectivity index (χ2v) is 7.05. The predicted octanol–water partition coefficient (Wildman–Crippen LogP) is 3.06. The second kappa shape index (κ2) is 7.23. The first-order valence-electron chi connectivity index (χ1n) is 7.61. The molecule has 0 aliphatic carbocycles. The fourth-order valence-electron chi connectivity index (χ4n) is 2.71. The average molecular weight is 294 g/mol. The number of amides is 1. The summed E-state index contributed by atoms with van der Waals surface area (Å²) in [5.41, 5.74) is 1.33. The van der Waals surface area contributed by atoms with E-state index in [0.29, 0.717) is 6.42 Å². The van der Waals surface area contributed by atoms with Crippen LogP contribution in [-0.2, 0) is 11.2 Å². The maximum Gasteiger partial charge on any atom is 0.220 e. The molecule has 0 aromatic carbocycles. The molecule has 0 spiro atoms. The molecular weight excluding hydrogens is 268 g/mol. The number of likely N-dealkylation sites (tertiary alicyclic amines) is 1. The molecule has 20 heavy (non-hydrogen) atoms. The van der Waals surface area contributed by atoms with E-state index < -0.39 is 0 Å². The number of nitrogens with one attached hydrogen (secondary N) is 1. The van der Waals surface area contributed by atoms with Crippen LogP contribution in [0.4, 0.5) is 0 Å². The predicted molar refractivity (Wildman–Crippen MR) is 85.2 cm³/mol. The van der Waals surface area contributed by atoms with Gasteiger partial charge in [0, 0.05) is 18.5 Å². The molecule has 112 valence electrons. The van der Waals surface area contributed by atoms with E-state index in [4.69, 9.17) is 0 Å². The average Bonchev–Trinajstić information content (AvgIpc) is 2.97. The lowest BCUT2D eigenvalue weighted by atomic mass is 9.98. The van der Waals surface area contributed by atoms with Gasteiger partial charge in [0.25, 0.3) is 0 Å². The van der Waals surface area contributed by atoms with Gasteiger partial charge in [-0.15, -0.1) is 0 Å². The van der Waals surface area contributed by atoms with E-state index >= 15 is 0 Å². The van der Waals surface area contributed by atoms with E-state index in [2.05, 4.69) is 40.9 Å². The highest BCUT2D eigenvalue weighted by molar-refractivity contribution is 7.07. The molecule has 4 heteroatoms. The van der Waals surface area contributed by atoms with E-state index in [-0.39, 0.29) is 11.4 Å². The molecule has 0 unspecified atom stereocenters. The summed E-state index contributed by atoms with van der Waals surface area (Å²) in [6.45, 7) is 7.54. The lowest BCUT2D eigenvalue weighted by Gasteiger charge is -2.41. The Bertz CT molecular complexity index is 408. The van der Waals surface area contributed by atoms with E-state index in [0.717, 1.165) is 26.1 Å². The summed E-state index contributed by atoms with van der Waals surface area (Å²) < 4.78 is 0. The Kier molecular flexibility index (Phi) is 5.61. The monoisotopic (exact) mass is 294 g/mol. The van der Waals surface area contributed by atoms with Gasteiger partial charge in [0.05, 0.1) is 0 Å². The first kappa shape index (κ1) is 15.5.